The summed E-state index contributed by atoms with van der Waals surface area (Å²) >= 11 is 0. The second-order valence-corrected chi connectivity index (χ2v) is 7.57. The molecule has 2 heterocycles. The Kier molecular flexibility index (Phi) is 6.30. The molecule has 4 rings (SSSR count). The number of hydrogen-bond donors (Lipinski definition) is 0. The van der Waals surface area contributed by atoms with Crippen LogP contribution in [0.5, 0.6) is 11.5 Å². The smallest absolute Gasteiger partial charge is 0.123 e. The molecule has 4 nitrogen and oxygen atoms in total. The molecule has 0 spiro atoms. The highest BCUT2D eigenvalue weighted by atomic mass is 16.5. The van der Waals surface area contributed by atoms with E-state index in [-0.39, 0.29) is 0 Å². The minimum atomic E-state index is 0.490. The van der Waals surface area contributed by atoms with Gasteiger partial charge in [0.25, 0.3) is 0 Å². The first-order valence-corrected chi connectivity index (χ1v) is 10.6. The van der Waals surface area contributed by atoms with Crippen LogP contribution < -0.4 is 9.47 Å². The van der Waals surface area contributed by atoms with E-state index in [1.165, 1.54) is 5.56 Å². The lowest BCUT2D eigenvalue weighted by atomic mass is 9.92. The minimum absolute atomic E-state index is 0.490. The highest BCUT2D eigenvalue weighted by molar-refractivity contribution is 5.78. The Hall–Kier alpha value is -2.59. The summed E-state index contributed by atoms with van der Waals surface area (Å²) in [6.45, 7) is 8.39. The molecule has 0 bridgehead atoms. The fourth-order valence-corrected chi connectivity index (χ4v) is 4.08. The highest BCUT2D eigenvalue weighted by Gasteiger charge is 2.22. The summed E-state index contributed by atoms with van der Waals surface area (Å²) in [7, 11) is 0. The van der Waals surface area contributed by atoms with E-state index in [1.54, 1.807) is 0 Å². The van der Waals surface area contributed by atoms with Crippen molar-refractivity contribution in [2.24, 2.45) is 0 Å². The van der Waals surface area contributed by atoms with E-state index >= 15 is 0 Å². The topological polar surface area (TPSA) is 34.6 Å². The lowest BCUT2D eigenvalue weighted by Gasteiger charge is -2.31. The van der Waals surface area contributed by atoms with Crippen molar-refractivity contribution >= 4 is 10.9 Å². The van der Waals surface area contributed by atoms with E-state index in [0.717, 1.165) is 60.6 Å². The monoisotopic (exact) mass is 389 g/mol. The van der Waals surface area contributed by atoms with Crippen LogP contribution in [0.1, 0.15) is 43.9 Å². The Morgan fingerprint density at radius 1 is 1.00 bits per heavy atom. The van der Waals surface area contributed by atoms with Crippen molar-refractivity contribution in [3.63, 3.8) is 0 Å². The number of piperidine rings is 1. The van der Waals surface area contributed by atoms with Crippen LogP contribution in [0.3, 0.4) is 0 Å². The first-order chi connectivity index (χ1) is 14.2. The van der Waals surface area contributed by atoms with E-state index in [9.17, 15) is 0 Å². The maximum absolute atomic E-state index is 5.72. The first-order valence-electron chi connectivity index (χ1n) is 10.6. The Morgan fingerprint density at radius 2 is 1.69 bits per heavy atom. The number of hydrogen-bond acceptors (Lipinski definition) is 4. The van der Waals surface area contributed by atoms with Crippen molar-refractivity contribution in [3.8, 4) is 11.5 Å². The van der Waals surface area contributed by atoms with Crippen LogP contribution in [0.25, 0.3) is 10.9 Å². The van der Waals surface area contributed by atoms with Crippen LogP contribution in [0.4, 0.5) is 0 Å². The van der Waals surface area contributed by atoms with Gasteiger partial charge in [0, 0.05) is 30.0 Å². The summed E-state index contributed by atoms with van der Waals surface area (Å²) in [6, 6.07) is 20.0. The van der Waals surface area contributed by atoms with Gasteiger partial charge in [-0.1, -0.05) is 18.2 Å². The van der Waals surface area contributed by atoms with Gasteiger partial charge >= 0.3 is 0 Å². The maximum atomic E-state index is 5.72. The van der Waals surface area contributed by atoms with Crippen LogP contribution in [-0.4, -0.2) is 36.2 Å². The number of likely N-dealkylation sites (tertiary alicyclic amines) is 1. The molecule has 0 atom stereocenters. The Balaban J connectivity index is 1.40. The molecule has 3 aromatic rings. The van der Waals surface area contributed by atoms with E-state index < -0.39 is 0 Å². The number of ether oxygens (including phenoxy) is 2. The molecule has 0 amide bonds. The Labute approximate surface area is 173 Å². The highest BCUT2D eigenvalue weighted by Crippen LogP contribution is 2.30. The van der Waals surface area contributed by atoms with Gasteiger partial charge in [-0.15, -0.1) is 0 Å². The minimum Gasteiger partial charge on any atom is -0.494 e. The van der Waals surface area contributed by atoms with E-state index in [1.807, 2.05) is 26.0 Å². The number of pyridine rings is 1. The zero-order chi connectivity index (χ0) is 20.1. The molecular weight excluding hydrogens is 360 g/mol. The van der Waals surface area contributed by atoms with Gasteiger partial charge in [-0.2, -0.15) is 0 Å². The normalized spacial score (nSPS) is 15.5. The van der Waals surface area contributed by atoms with Gasteiger partial charge in [0.2, 0.25) is 0 Å². The molecule has 0 aliphatic carbocycles. The van der Waals surface area contributed by atoms with E-state index in [0.29, 0.717) is 19.1 Å². The molecule has 0 N–H and O–H groups in total. The molecule has 0 saturated carbocycles. The largest absolute Gasteiger partial charge is 0.494 e. The van der Waals surface area contributed by atoms with Gasteiger partial charge in [0.15, 0.2) is 0 Å². The lowest BCUT2D eigenvalue weighted by molar-refractivity contribution is 0.202. The van der Waals surface area contributed by atoms with Crippen molar-refractivity contribution in [1.29, 1.82) is 0 Å². The Bertz CT molecular complexity index is 924. The van der Waals surface area contributed by atoms with Gasteiger partial charge in [0.05, 0.1) is 24.4 Å². The zero-order valence-electron chi connectivity index (χ0n) is 17.4. The lowest BCUT2D eigenvalue weighted by Crippen LogP contribution is -2.32. The molecule has 151 valence electrons. The molecule has 1 radical (unpaired) electrons. The van der Waals surface area contributed by atoms with Gasteiger partial charge in [-0.05, 0) is 69.6 Å². The van der Waals surface area contributed by atoms with Gasteiger partial charge in [0.1, 0.15) is 11.5 Å². The molecule has 1 fully saturated rings. The fraction of sp³-hybridized carbons (Fsp3) is 0.400. The van der Waals surface area contributed by atoms with Crippen LogP contribution in [0, 0.1) is 6.07 Å². The number of benzene rings is 2. The quantitative estimate of drug-likeness (QED) is 0.555. The number of para-hydroxylation sites is 1. The molecule has 29 heavy (non-hydrogen) atoms. The first kappa shape index (κ1) is 19.7. The molecule has 1 saturated heterocycles. The molecule has 2 aromatic carbocycles. The molecule has 4 heteroatoms. The molecule has 1 aromatic heterocycles. The van der Waals surface area contributed by atoms with Crippen molar-refractivity contribution < 1.29 is 9.47 Å². The SMILES string of the molecule is CCOc1cc(CN2CCC(c3[c]cc4ccccc4n3)CC2)cc(OCC)c1. The van der Waals surface area contributed by atoms with E-state index in [4.69, 9.17) is 14.5 Å². The summed E-state index contributed by atoms with van der Waals surface area (Å²) < 4.78 is 11.4. The van der Waals surface area contributed by atoms with Crippen molar-refractivity contribution in [2.75, 3.05) is 26.3 Å². The van der Waals surface area contributed by atoms with Crippen molar-refractivity contribution in [3.05, 3.63) is 65.9 Å². The van der Waals surface area contributed by atoms with E-state index in [2.05, 4.69) is 47.4 Å². The molecule has 1 aliphatic rings. The van der Waals surface area contributed by atoms with Crippen LogP contribution in [0.15, 0.2) is 48.5 Å². The van der Waals surface area contributed by atoms with Crippen LogP contribution in [-0.2, 0) is 6.54 Å². The molecule has 0 unspecified atom stereocenters. The van der Waals surface area contributed by atoms with Gasteiger partial charge in [-0.25, -0.2) is 0 Å². The summed E-state index contributed by atoms with van der Waals surface area (Å²) in [5, 5.41) is 1.16. The number of nitrogens with zero attached hydrogens (tertiary/aromatic N) is 2. The van der Waals surface area contributed by atoms with Crippen molar-refractivity contribution in [1.82, 2.24) is 9.88 Å². The fourth-order valence-electron chi connectivity index (χ4n) is 4.08. The second kappa shape index (κ2) is 9.27. The van der Waals surface area contributed by atoms with Crippen LogP contribution >= 0.6 is 0 Å². The van der Waals surface area contributed by atoms with Gasteiger partial charge < -0.3 is 9.47 Å². The predicted molar refractivity (Wildman–Crippen MR) is 117 cm³/mol. The third kappa shape index (κ3) is 4.88. The second-order valence-electron chi connectivity index (χ2n) is 7.57. The van der Waals surface area contributed by atoms with Crippen molar-refractivity contribution in [2.45, 2.75) is 39.2 Å². The average molecular weight is 390 g/mol. The summed E-state index contributed by atoms with van der Waals surface area (Å²) in [6.07, 6.45) is 2.23. The number of fused-ring (bicyclic) bond motifs is 1. The maximum Gasteiger partial charge on any atom is 0.123 e. The molecular formula is C25H29N2O2. The third-order valence-corrected chi connectivity index (χ3v) is 5.50. The zero-order valence-corrected chi connectivity index (χ0v) is 17.4. The van der Waals surface area contributed by atoms with Crippen LogP contribution in [0.2, 0.25) is 0 Å². The third-order valence-electron chi connectivity index (χ3n) is 5.50. The standard InChI is InChI=1S/C25H29N2O2/c1-3-28-22-15-19(16-23(17-22)29-4-2)18-27-13-11-21(12-14-27)25-10-9-20-7-5-6-8-24(20)26-25/h5-9,15-17,21H,3-4,11-14,18H2,1-2H3. The number of rotatable bonds is 7. The Morgan fingerprint density at radius 3 is 2.38 bits per heavy atom. The average Bonchev–Trinajstić information content (AvgIpc) is 2.74. The summed E-state index contributed by atoms with van der Waals surface area (Å²) in [5.74, 6) is 2.27. The predicted octanol–water partition coefficient (Wildman–Crippen LogP) is 5.21. The summed E-state index contributed by atoms with van der Waals surface area (Å²) in [4.78, 5) is 7.38. The van der Waals surface area contributed by atoms with Gasteiger partial charge in [-0.3, -0.25) is 9.88 Å². The molecule has 1 aliphatic heterocycles. The summed E-state index contributed by atoms with van der Waals surface area (Å²) in [5.41, 5.74) is 3.42. The number of aromatic nitrogens is 1.